The Morgan fingerprint density at radius 1 is 1.17 bits per heavy atom. The first kappa shape index (κ1) is 16.5. The first-order chi connectivity index (χ1) is 11.4. The van der Waals surface area contributed by atoms with E-state index in [1.165, 1.54) is 0 Å². The third kappa shape index (κ3) is 3.44. The van der Waals surface area contributed by atoms with Crippen LogP contribution >= 0.6 is 28.1 Å². The average Bonchev–Trinajstić information content (AvgIpc) is 2.95. The van der Waals surface area contributed by atoms with Crippen LogP contribution in [-0.2, 0) is 0 Å². The summed E-state index contributed by atoms with van der Waals surface area (Å²) >= 11 is 8.01. The lowest BCUT2D eigenvalue weighted by Crippen LogP contribution is -2.34. The van der Waals surface area contributed by atoms with E-state index in [9.17, 15) is 13.6 Å². The van der Waals surface area contributed by atoms with E-state index in [2.05, 4.69) is 26.6 Å². The minimum atomic E-state index is -0.845. The molecule has 2 aromatic carbocycles. The number of thiocarbonyl (C=S) groups is 1. The summed E-state index contributed by atoms with van der Waals surface area (Å²) in [6.07, 6.45) is 0. The van der Waals surface area contributed by atoms with Gasteiger partial charge >= 0.3 is 0 Å². The van der Waals surface area contributed by atoms with E-state index < -0.39 is 17.5 Å². The quantitative estimate of drug-likeness (QED) is 0.606. The molecular formula is C16H9BrF2N2O2S. The number of halogens is 3. The molecule has 122 valence electrons. The number of furan rings is 1. The second-order valence-electron chi connectivity index (χ2n) is 4.80. The van der Waals surface area contributed by atoms with Crippen LogP contribution < -0.4 is 10.6 Å². The van der Waals surface area contributed by atoms with Crippen LogP contribution in [0.1, 0.15) is 10.6 Å². The molecule has 4 nitrogen and oxygen atoms in total. The number of carbonyl (C=O) groups excluding carboxylic acids is 1. The highest BCUT2D eigenvalue weighted by Crippen LogP contribution is 2.26. The normalized spacial score (nSPS) is 10.6. The Hall–Kier alpha value is -2.32. The van der Waals surface area contributed by atoms with Gasteiger partial charge in [-0.15, -0.1) is 0 Å². The first-order valence-corrected chi connectivity index (χ1v) is 7.89. The van der Waals surface area contributed by atoms with Gasteiger partial charge in [-0.1, -0.05) is 18.2 Å². The van der Waals surface area contributed by atoms with E-state index >= 15 is 0 Å². The Labute approximate surface area is 149 Å². The van der Waals surface area contributed by atoms with Gasteiger partial charge in [0.1, 0.15) is 11.4 Å². The summed E-state index contributed by atoms with van der Waals surface area (Å²) in [6.45, 7) is 0. The second-order valence-corrected chi connectivity index (χ2v) is 6.06. The molecule has 0 saturated carbocycles. The van der Waals surface area contributed by atoms with Crippen LogP contribution in [0.5, 0.6) is 0 Å². The topological polar surface area (TPSA) is 54.3 Å². The lowest BCUT2D eigenvalue weighted by Gasteiger charge is -2.11. The Morgan fingerprint density at radius 3 is 2.62 bits per heavy atom. The van der Waals surface area contributed by atoms with Gasteiger partial charge in [0, 0.05) is 15.9 Å². The van der Waals surface area contributed by atoms with Gasteiger partial charge < -0.3 is 9.73 Å². The standard InChI is InChI=1S/C16H9BrF2N2O2S/c17-10-6-9(18)7-11(19)14(10)20-16(24)21-15(22)13-5-8-3-1-2-4-12(8)23-13/h1-7H,(H2,20,21,22,24). The molecule has 3 aromatic rings. The number of benzene rings is 2. The molecule has 0 saturated heterocycles. The molecule has 3 rings (SSSR count). The van der Waals surface area contributed by atoms with Crippen molar-refractivity contribution in [1.29, 1.82) is 0 Å². The zero-order valence-corrected chi connectivity index (χ0v) is 14.3. The Balaban J connectivity index is 1.74. The van der Waals surface area contributed by atoms with Crippen molar-refractivity contribution in [3.63, 3.8) is 0 Å². The molecule has 0 atom stereocenters. The molecule has 0 spiro atoms. The highest BCUT2D eigenvalue weighted by atomic mass is 79.9. The second kappa shape index (κ2) is 6.66. The average molecular weight is 411 g/mol. The number of anilines is 1. The van der Waals surface area contributed by atoms with Crippen molar-refractivity contribution in [2.45, 2.75) is 0 Å². The fourth-order valence-electron chi connectivity index (χ4n) is 2.06. The zero-order valence-electron chi connectivity index (χ0n) is 11.9. The van der Waals surface area contributed by atoms with Crippen LogP contribution in [0.3, 0.4) is 0 Å². The van der Waals surface area contributed by atoms with Crippen molar-refractivity contribution in [3.8, 4) is 0 Å². The van der Waals surface area contributed by atoms with Crippen LogP contribution in [0.4, 0.5) is 14.5 Å². The summed E-state index contributed by atoms with van der Waals surface area (Å²) in [6, 6.07) is 10.5. The number of hydrogen-bond donors (Lipinski definition) is 2. The molecular weight excluding hydrogens is 402 g/mol. The lowest BCUT2D eigenvalue weighted by molar-refractivity contribution is 0.0953. The van der Waals surface area contributed by atoms with Crippen molar-refractivity contribution in [3.05, 3.63) is 64.3 Å². The van der Waals surface area contributed by atoms with E-state index in [1.807, 2.05) is 6.07 Å². The fraction of sp³-hybridized carbons (Fsp3) is 0. The minimum absolute atomic E-state index is 0.0685. The Kier molecular flexibility index (Phi) is 4.59. The highest BCUT2D eigenvalue weighted by Gasteiger charge is 2.16. The highest BCUT2D eigenvalue weighted by molar-refractivity contribution is 9.10. The van der Waals surface area contributed by atoms with Crippen molar-refractivity contribution in [1.82, 2.24) is 5.32 Å². The Bertz CT molecular complexity index is 902. The Morgan fingerprint density at radius 2 is 1.92 bits per heavy atom. The van der Waals surface area contributed by atoms with E-state index in [0.29, 0.717) is 11.6 Å². The molecule has 1 amide bonds. The lowest BCUT2D eigenvalue weighted by atomic mass is 10.2. The molecule has 2 N–H and O–H groups in total. The van der Waals surface area contributed by atoms with E-state index in [-0.39, 0.29) is 21.0 Å². The van der Waals surface area contributed by atoms with Gasteiger partial charge in [-0.2, -0.15) is 0 Å². The largest absolute Gasteiger partial charge is 0.451 e. The molecule has 24 heavy (non-hydrogen) atoms. The van der Waals surface area contributed by atoms with Crippen LogP contribution in [0.25, 0.3) is 11.0 Å². The van der Waals surface area contributed by atoms with Gasteiger partial charge in [-0.3, -0.25) is 10.1 Å². The predicted octanol–water partition coefficient (Wildman–Crippen LogP) is 4.60. The number of hydrogen-bond acceptors (Lipinski definition) is 3. The SMILES string of the molecule is O=C(NC(=S)Nc1c(F)cc(F)cc1Br)c1cc2ccccc2o1. The van der Waals surface area contributed by atoms with Gasteiger partial charge in [-0.05, 0) is 46.3 Å². The molecule has 0 bridgehead atoms. The number of para-hydroxylation sites is 1. The molecule has 8 heteroatoms. The maximum Gasteiger partial charge on any atom is 0.293 e. The summed E-state index contributed by atoms with van der Waals surface area (Å²) in [7, 11) is 0. The van der Waals surface area contributed by atoms with Crippen molar-refractivity contribution < 1.29 is 18.0 Å². The fourth-order valence-corrected chi connectivity index (χ4v) is 2.77. The molecule has 0 aliphatic carbocycles. The molecule has 1 heterocycles. The minimum Gasteiger partial charge on any atom is -0.451 e. The van der Waals surface area contributed by atoms with Gasteiger partial charge in [0.2, 0.25) is 0 Å². The number of amides is 1. The number of nitrogens with one attached hydrogen (secondary N) is 2. The third-order valence-corrected chi connectivity index (χ3v) is 3.95. The summed E-state index contributed by atoms with van der Waals surface area (Å²) < 4.78 is 32.4. The molecule has 0 unspecified atom stereocenters. The van der Waals surface area contributed by atoms with Gasteiger partial charge in [0.25, 0.3) is 5.91 Å². The maximum atomic E-state index is 13.7. The van der Waals surface area contributed by atoms with E-state index in [1.54, 1.807) is 24.3 Å². The maximum absolute atomic E-state index is 13.7. The number of fused-ring (bicyclic) bond motifs is 1. The zero-order chi connectivity index (χ0) is 17.3. The smallest absolute Gasteiger partial charge is 0.293 e. The number of carbonyl (C=O) groups is 1. The molecule has 0 aliphatic heterocycles. The van der Waals surface area contributed by atoms with Crippen molar-refractivity contribution >= 4 is 55.8 Å². The first-order valence-electron chi connectivity index (χ1n) is 6.69. The summed E-state index contributed by atoms with van der Waals surface area (Å²) in [5, 5.41) is 5.52. The van der Waals surface area contributed by atoms with Gasteiger partial charge in [0.15, 0.2) is 16.7 Å². The molecule has 1 aromatic heterocycles. The summed E-state index contributed by atoms with van der Waals surface area (Å²) in [5.74, 6) is -2.09. The van der Waals surface area contributed by atoms with Gasteiger partial charge in [-0.25, -0.2) is 8.78 Å². The molecule has 0 radical (unpaired) electrons. The van der Waals surface area contributed by atoms with Crippen LogP contribution in [-0.4, -0.2) is 11.0 Å². The van der Waals surface area contributed by atoms with Crippen LogP contribution in [0, 0.1) is 11.6 Å². The monoisotopic (exact) mass is 410 g/mol. The van der Waals surface area contributed by atoms with Crippen molar-refractivity contribution in [2.24, 2.45) is 0 Å². The van der Waals surface area contributed by atoms with Crippen molar-refractivity contribution in [2.75, 3.05) is 5.32 Å². The van der Waals surface area contributed by atoms with Crippen LogP contribution in [0.2, 0.25) is 0 Å². The summed E-state index contributed by atoms with van der Waals surface area (Å²) in [5.41, 5.74) is 0.486. The summed E-state index contributed by atoms with van der Waals surface area (Å²) in [4.78, 5) is 12.1. The van der Waals surface area contributed by atoms with E-state index in [4.69, 9.17) is 16.6 Å². The molecule has 0 aliphatic rings. The molecule has 0 fully saturated rings. The van der Waals surface area contributed by atoms with Gasteiger partial charge in [0.05, 0.1) is 5.69 Å². The number of rotatable bonds is 2. The van der Waals surface area contributed by atoms with Crippen LogP contribution in [0.15, 0.2) is 51.4 Å². The van der Waals surface area contributed by atoms with E-state index in [0.717, 1.165) is 11.5 Å². The third-order valence-electron chi connectivity index (χ3n) is 3.12. The predicted molar refractivity (Wildman–Crippen MR) is 94.0 cm³/mol.